The third-order valence-corrected chi connectivity index (χ3v) is 2.75. The number of fused-ring (bicyclic) bond motifs is 1. The van der Waals surface area contributed by atoms with Crippen LogP contribution in [0.3, 0.4) is 0 Å². The van der Waals surface area contributed by atoms with Crippen LogP contribution in [0.1, 0.15) is 22.1 Å². The van der Waals surface area contributed by atoms with Crippen molar-refractivity contribution in [1.82, 2.24) is 19.7 Å². The number of aryl methyl sites for hydroxylation is 1. The first-order valence-corrected chi connectivity index (χ1v) is 5.61. The summed E-state index contributed by atoms with van der Waals surface area (Å²) in [5, 5.41) is 13.0. The quantitative estimate of drug-likeness (QED) is 0.764. The van der Waals surface area contributed by atoms with Gasteiger partial charge in [0, 0.05) is 6.92 Å². The molecule has 0 spiro atoms. The Balaban J connectivity index is 2.11. The summed E-state index contributed by atoms with van der Waals surface area (Å²) in [6, 6.07) is 4.98. The summed E-state index contributed by atoms with van der Waals surface area (Å²) in [6.45, 7) is 2.02. The van der Waals surface area contributed by atoms with Gasteiger partial charge in [0.2, 0.25) is 5.89 Å². The molecule has 2 aromatic heterocycles. The fourth-order valence-electron chi connectivity index (χ4n) is 1.98. The number of benzene rings is 1. The van der Waals surface area contributed by atoms with E-state index in [-0.39, 0.29) is 5.56 Å². The maximum absolute atomic E-state index is 11.2. The minimum atomic E-state index is -0.989. The van der Waals surface area contributed by atoms with E-state index in [1.165, 1.54) is 0 Å². The van der Waals surface area contributed by atoms with Gasteiger partial charge >= 0.3 is 5.97 Å². The molecule has 2 heterocycles. The lowest BCUT2D eigenvalue weighted by Gasteiger charge is -2.03. The van der Waals surface area contributed by atoms with Crippen molar-refractivity contribution >= 4 is 17.0 Å². The van der Waals surface area contributed by atoms with Gasteiger partial charge in [0.1, 0.15) is 0 Å². The van der Waals surface area contributed by atoms with Gasteiger partial charge in [0.15, 0.2) is 5.82 Å². The highest BCUT2D eigenvalue weighted by molar-refractivity contribution is 6.01. The minimum absolute atomic E-state index is 0.204. The molecule has 0 bridgehead atoms. The van der Waals surface area contributed by atoms with Crippen LogP contribution in [0.4, 0.5) is 0 Å². The number of hydrogen-bond donors (Lipinski definition) is 1. The average molecular weight is 258 g/mol. The molecule has 7 heteroatoms. The molecule has 0 radical (unpaired) electrons. The van der Waals surface area contributed by atoms with Crippen LogP contribution in [0.15, 0.2) is 29.0 Å². The minimum Gasteiger partial charge on any atom is -0.478 e. The second-order valence-corrected chi connectivity index (χ2v) is 4.08. The van der Waals surface area contributed by atoms with Gasteiger partial charge in [0.05, 0.1) is 29.5 Å². The van der Waals surface area contributed by atoms with Crippen LogP contribution in [0.2, 0.25) is 0 Å². The van der Waals surface area contributed by atoms with Crippen molar-refractivity contribution < 1.29 is 14.4 Å². The van der Waals surface area contributed by atoms with Crippen molar-refractivity contribution in [2.45, 2.75) is 13.5 Å². The first kappa shape index (κ1) is 11.4. The Morgan fingerprint density at radius 3 is 3.00 bits per heavy atom. The number of carbonyl (C=O) groups is 1. The highest BCUT2D eigenvalue weighted by Gasteiger charge is 2.14. The number of para-hydroxylation sites is 1. The zero-order valence-electron chi connectivity index (χ0n) is 10.1. The fourth-order valence-corrected chi connectivity index (χ4v) is 1.98. The number of aromatic nitrogens is 4. The zero-order valence-corrected chi connectivity index (χ0v) is 10.1. The van der Waals surface area contributed by atoms with Gasteiger partial charge in [0.25, 0.3) is 0 Å². The predicted molar refractivity (Wildman–Crippen MR) is 64.8 cm³/mol. The number of imidazole rings is 1. The van der Waals surface area contributed by atoms with Crippen LogP contribution in [0, 0.1) is 6.92 Å². The van der Waals surface area contributed by atoms with Crippen molar-refractivity contribution in [2.75, 3.05) is 0 Å². The van der Waals surface area contributed by atoms with Gasteiger partial charge in [-0.15, -0.1) is 0 Å². The summed E-state index contributed by atoms with van der Waals surface area (Å²) in [5.41, 5.74) is 1.38. The van der Waals surface area contributed by atoms with E-state index in [1.54, 1.807) is 36.0 Å². The Kier molecular flexibility index (Phi) is 2.52. The Bertz CT molecular complexity index is 759. The second-order valence-electron chi connectivity index (χ2n) is 4.08. The van der Waals surface area contributed by atoms with Crippen molar-refractivity contribution in [3.63, 3.8) is 0 Å². The molecule has 0 atom stereocenters. The molecule has 0 aliphatic carbocycles. The molecule has 0 saturated heterocycles. The molecule has 19 heavy (non-hydrogen) atoms. The number of nitrogens with zero attached hydrogens (tertiary/aromatic N) is 4. The van der Waals surface area contributed by atoms with Gasteiger partial charge in [-0.05, 0) is 12.1 Å². The molecule has 0 aliphatic heterocycles. The van der Waals surface area contributed by atoms with E-state index in [0.717, 1.165) is 0 Å². The SMILES string of the molecule is Cc1nc(Cn2cnc3cccc(C(=O)O)c32)no1. The first-order valence-electron chi connectivity index (χ1n) is 5.61. The monoisotopic (exact) mass is 258 g/mol. The maximum atomic E-state index is 11.2. The van der Waals surface area contributed by atoms with E-state index in [4.69, 9.17) is 4.52 Å². The molecule has 3 aromatic rings. The van der Waals surface area contributed by atoms with Gasteiger partial charge in [-0.3, -0.25) is 0 Å². The van der Waals surface area contributed by atoms with Crippen LogP contribution in [-0.4, -0.2) is 30.8 Å². The predicted octanol–water partition coefficient (Wildman–Crippen LogP) is 1.47. The number of rotatable bonds is 3. The molecule has 0 aliphatic rings. The molecule has 0 saturated carbocycles. The van der Waals surface area contributed by atoms with Gasteiger partial charge in [-0.25, -0.2) is 9.78 Å². The average Bonchev–Trinajstić information content (AvgIpc) is 2.97. The Hall–Kier alpha value is -2.70. The summed E-state index contributed by atoms with van der Waals surface area (Å²) in [6.07, 6.45) is 1.57. The van der Waals surface area contributed by atoms with E-state index in [2.05, 4.69) is 15.1 Å². The van der Waals surface area contributed by atoms with E-state index in [0.29, 0.717) is 29.3 Å². The van der Waals surface area contributed by atoms with Gasteiger partial charge in [-0.1, -0.05) is 11.2 Å². The molecule has 0 fully saturated rings. The van der Waals surface area contributed by atoms with Crippen LogP contribution in [0.5, 0.6) is 0 Å². The van der Waals surface area contributed by atoms with Crippen molar-refractivity contribution in [3.8, 4) is 0 Å². The molecular formula is C12H10N4O3. The normalized spacial score (nSPS) is 11.0. The van der Waals surface area contributed by atoms with E-state index >= 15 is 0 Å². The first-order chi connectivity index (χ1) is 9.15. The topological polar surface area (TPSA) is 94.0 Å². The standard InChI is InChI=1S/C12H10N4O3/c1-7-14-10(15-19-7)5-16-6-13-9-4-2-3-8(11(9)16)12(17)18/h2-4,6H,5H2,1H3,(H,17,18). The van der Waals surface area contributed by atoms with Crippen LogP contribution >= 0.6 is 0 Å². The Morgan fingerprint density at radius 1 is 1.47 bits per heavy atom. The largest absolute Gasteiger partial charge is 0.478 e. The van der Waals surface area contributed by atoms with Crippen molar-refractivity contribution in [1.29, 1.82) is 0 Å². The van der Waals surface area contributed by atoms with E-state index < -0.39 is 5.97 Å². The molecule has 7 nitrogen and oxygen atoms in total. The number of aromatic carboxylic acids is 1. The maximum Gasteiger partial charge on any atom is 0.337 e. The zero-order chi connectivity index (χ0) is 13.4. The van der Waals surface area contributed by atoms with Crippen molar-refractivity contribution in [2.24, 2.45) is 0 Å². The fraction of sp³-hybridized carbons (Fsp3) is 0.167. The number of carboxylic acid groups (broad SMARTS) is 1. The molecule has 0 amide bonds. The summed E-state index contributed by atoms with van der Waals surface area (Å²) in [5.74, 6) is -0.0356. The molecule has 3 rings (SSSR count). The van der Waals surface area contributed by atoms with Crippen LogP contribution < -0.4 is 0 Å². The molecule has 96 valence electrons. The summed E-state index contributed by atoms with van der Waals surface area (Å²) < 4.78 is 6.59. The lowest BCUT2D eigenvalue weighted by atomic mass is 10.2. The summed E-state index contributed by atoms with van der Waals surface area (Å²) >= 11 is 0. The van der Waals surface area contributed by atoms with Gasteiger partial charge in [-0.2, -0.15) is 4.98 Å². The third kappa shape index (κ3) is 1.95. The highest BCUT2D eigenvalue weighted by Crippen LogP contribution is 2.18. The second kappa shape index (κ2) is 4.20. The lowest BCUT2D eigenvalue weighted by Crippen LogP contribution is -2.05. The molecule has 1 aromatic carbocycles. The highest BCUT2D eigenvalue weighted by atomic mass is 16.5. The molecule has 1 N–H and O–H groups in total. The Morgan fingerprint density at radius 2 is 2.32 bits per heavy atom. The van der Waals surface area contributed by atoms with E-state index in [1.807, 2.05) is 0 Å². The number of hydrogen-bond acceptors (Lipinski definition) is 5. The van der Waals surface area contributed by atoms with Gasteiger partial charge < -0.3 is 14.2 Å². The Labute approximate surface area is 107 Å². The summed E-state index contributed by atoms with van der Waals surface area (Å²) in [7, 11) is 0. The third-order valence-electron chi connectivity index (χ3n) is 2.75. The lowest BCUT2D eigenvalue weighted by molar-refractivity contribution is 0.0698. The smallest absolute Gasteiger partial charge is 0.337 e. The van der Waals surface area contributed by atoms with Crippen LogP contribution in [-0.2, 0) is 6.54 Å². The van der Waals surface area contributed by atoms with E-state index in [9.17, 15) is 9.90 Å². The van der Waals surface area contributed by atoms with Crippen LogP contribution in [0.25, 0.3) is 11.0 Å². The molecule has 0 unspecified atom stereocenters. The number of carboxylic acids is 1. The van der Waals surface area contributed by atoms with Crippen molar-refractivity contribution in [3.05, 3.63) is 41.8 Å². The summed E-state index contributed by atoms with van der Waals surface area (Å²) in [4.78, 5) is 19.5. The molecular weight excluding hydrogens is 248 g/mol.